The maximum Gasteiger partial charge on any atom is 0.256 e. The van der Waals surface area contributed by atoms with Crippen molar-refractivity contribution >= 4 is 5.91 Å². The highest BCUT2D eigenvalue weighted by Gasteiger charge is 2.30. The number of nitrogens with zero attached hydrogens (tertiary/aromatic N) is 2. The minimum atomic E-state index is -1.15. The molecule has 2 atom stereocenters. The van der Waals surface area contributed by atoms with Crippen LogP contribution < -0.4 is 5.32 Å². The molecule has 5 nitrogen and oxygen atoms in total. The van der Waals surface area contributed by atoms with Crippen molar-refractivity contribution in [2.45, 2.75) is 57.7 Å². The summed E-state index contributed by atoms with van der Waals surface area (Å²) in [7, 11) is 0. The van der Waals surface area contributed by atoms with Crippen molar-refractivity contribution in [3.05, 3.63) is 64.5 Å². The first-order valence-electron chi connectivity index (χ1n) is 10.3. The second kappa shape index (κ2) is 8.02. The van der Waals surface area contributed by atoms with Crippen LogP contribution in [0.25, 0.3) is 0 Å². The van der Waals surface area contributed by atoms with Crippen LogP contribution in [0.2, 0.25) is 0 Å². The molecule has 2 aromatic rings. The van der Waals surface area contributed by atoms with Crippen LogP contribution in [0, 0.1) is 0 Å². The first-order chi connectivity index (χ1) is 13.5. The van der Waals surface area contributed by atoms with Gasteiger partial charge in [-0.2, -0.15) is 0 Å². The van der Waals surface area contributed by atoms with Crippen LogP contribution in [0.15, 0.2) is 36.7 Å². The van der Waals surface area contributed by atoms with Crippen molar-refractivity contribution in [1.82, 2.24) is 15.2 Å². The van der Waals surface area contributed by atoms with Crippen LogP contribution in [-0.4, -0.2) is 34.0 Å². The number of aliphatic hydroxyl groups excluding tert-OH is 1. The van der Waals surface area contributed by atoms with Crippen molar-refractivity contribution in [2.24, 2.45) is 0 Å². The maximum atomic E-state index is 12.9. The summed E-state index contributed by atoms with van der Waals surface area (Å²) in [5.41, 5.74) is 5.88. The molecule has 2 aliphatic rings. The van der Waals surface area contributed by atoms with Crippen molar-refractivity contribution in [3.63, 3.8) is 0 Å². The fourth-order valence-corrected chi connectivity index (χ4v) is 4.36. The molecule has 4 rings (SSSR count). The van der Waals surface area contributed by atoms with Gasteiger partial charge >= 0.3 is 0 Å². The van der Waals surface area contributed by atoms with Gasteiger partial charge in [0.05, 0.1) is 0 Å². The average Bonchev–Trinajstić information content (AvgIpc) is 3.26. The van der Waals surface area contributed by atoms with Gasteiger partial charge in [0, 0.05) is 37.1 Å². The zero-order chi connectivity index (χ0) is 19.7. The summed E-state index contributed by atoms with van der Waals surface area (Å²) < 4.78 is 0. The monoisotopic (exact) mass is 379 g/mol. The van der Waals surface area contributed by atoms with E-state index in [1.165, 1.54) is 28.7 Å². The van der Waals surface area contributed by atoms with E-state index in [1.54, 1.807) is 29.4 Å². The fraction of sp³-hybridized carbons (Fsp3) is 0.478. The van der Waals surface area contributed by atoms with Gasteiger partial charge in [-0.3, -0.25) is 9.78 Å². The average molecular weight is 380 g/mol. The van der Waals surface area contributed by atoms with Gasteiger partial charge < -0.3 is 15.3 Å². The quantitative estimate of drug-likeness (QED) is 0.856. The number of rotatable bonds is 4. The molecule has 3 heterocycles. The van der Waals surface area contributed by atoms with Gasteiger partial charge in [0.25, 0.3) is 5.91 Å². The molecule has 5 heteroatoms. The van der Waals surface area contributed by atoms with E-state index in [-0.39, 0.29) is 5.91 Å². The van der Waals surface area contributed by atoms with Gasteiger partial charge in [0.1, 0.15) is 0 Å². The molecular formula is C23H29N3O2. The van der Waals surface area contributed by atoms with Crippen molar-refractivity contribution in [1.29, 1.82) is 0 Å². The highest BCUT2D eigenvalue weighted by atomic mass is 16.3. The fourth-order valence-electron chi connectivity index (χ4n) is 4.36. The van der Waals surface area contributed by atoms with E-state index in [2.05, 4.69) is 36.3 Å². The topological polar surface area (TPSA) is 65.5 Å². The lowest BCUT2D eigenvalue weighted by atomic mass is 9.86. The Balaban J connectivity index is 1.63. The summed E-state index contributed by atoms with van der Waals surface area (Å²) in [6.45, 7) is 6.72. The molecule has 0 saturated carbocycles. The summed E-state index contributed by atoms with van der Waals surface area (Å²) in [6, 6.07) is 8.51. The van der Waals surface area contributed by atoms with E-state index < -0.39 is 6.10 Å². The van der Waals surface area contributed by atoms with E-state index in [1.807, 2.05) is 0 Å². The number of hydrogen-bond acceptors (Lipinski definition) is 4. The summed E-state index contributed by atoms with van der Waals surface area (Å²) in [4.78, 5) is 18.8. The van der Waals surface area contributed by atoms with Crippen LogP contribution in [-0.2, 0) is 17.8 Å². The first-order valence-corrected chi connectivity index (χ1v) is 10.3. The third-order valence-electron chi connectivity index (χ3n) is 6.05. The van der Waals surface area contributed by atoms with Crippen LogP contribution in [0.3, 0.4) is 0 Å². The van der Waals surface area contributed by atoms with Gasteiger partial charge in [-0.25, -0.2) is 0 Å². The lowest BCUT2D eigenvalue weighted by Gasteiger charge is -2.33. The van der Waals surface area contributed by atoms with E-state index in [9.17, 15) is 9.90 Å². The van der Waals surface area contributed by atoms with Crippen LogP contribution >= 0.6 is 0 Å². The Morgan fingerprint density at radius 1 is 1.32 bits per heavy atom. The molecule has 0 aliphatic carbocycles. The molecule has 0 bridgehead atoms. The summed E-state index contributed by atoms with van der Waals surface area (Å²) in [5.74, 6) is 0.245. The molecule has 0 radical (unpaired) electrons. The number of carbonyl (C=O) groups is 1. The van der Waals surface area contributed by atoms with Crippen molar-refractivity contribution in [3.8, 4) is 0 Å². The second-order valence-corrected chi connectivity index (χ2v) is 8.25. The second-order valence-electron chi connectivity index (χ2n) is 8.25. The number of carbonyl (C=O) groups excluding carboxylic acids is 1. The first kappa shape index (κ1) is 19.1. The number of pyridine rings is 1. The van der Waals surface area contributed by atoms with E-state index >= 15 is 0 Å². The lowest BCUT2D eigenvalue weighted by Crippen LogP contribution is -2.40. The largest absolute Gasteiger partial charge is 0.378 e. The number of aliphatic hydroxyl groups is 1. The Kier molecular flexibility index (Phi) is 5.47. The zero-order valence-corrected chi connectivity index (χ0v) is 16.7. The van der Waals surface area contributed by atoms with Crippen molar-refractivity contribution < 1.29 is 9.90 Å². The molecule has 2 N–H and O–H groups in total. The van der Waals surface area contributed by atoms with Gasteiger partial charge in [0.15, 0.2) is 6.10 Å². The Bertz CT molecular complexity index is 844. The summed E-state index contributed by atoms with van der Waals surface area (Å²) in [6.07, 6.45) is 5.21. The predicted octanol–water partition coefficient (Wildman–Crippen LogP) is 3.25. The van der Waals surface area contributed by atoms with Crippen molar-refractivity contribution in [2.75, 3.05) is 13.1 Å². The van der Waals surface area contributed by atoms with E-state index in [0.717, 1.165) is 19.4 Å². The Morgan fingerprint density at radius 3 is 2.86 bits per heavy atom. The number of fused-ring (bicyclic) bond motifs is 1. The van der Waals surface area contributed by atoms with Crippen LogP contribution in [0.1, 0.15) is 72.6 Å². The molecule has 1 saturated heterocycles. The summed E-state index contributed by atoms with van der Waals surface area (Å²) in [5, 5.41) is 14.2. The van der Waals surface area contributed by atoms with Gasteiger partial charge in [-0.1, -0.05) is 32.0 Å². The lowest BCUT2D eigenvalue weighted by molar-refractivity contribution is -0.141. The Hall–Kier alpha value is -2.24. The highest BCUT2D eigenvalue weighted by Crippen LogP contribution is 2.35. The van der Waals surface area contributed by atoms with Gasteiger partial charge in [-0.05, 0) is 60.0 Å². The van der Waals surface area contributed by atoms with E-state index in [4.69, 9.17) is 0 Å². The molecule has 2 aliphatic heterocycles. The predicted molar refractivity (Wildman–Crippen MR) is 109 cm³/mol. The normalized spacial score (nSPS) is 20.3. The number of nitrogens with one attached hydrogen (secondary N) is 1. The Labute approximate surface area is 166 Å². The smallest absolute Gasteiger partial charge is 0.256 e. The molecule has 28 heavy (non-hydrogen) atoms. The molecule has 148 valence electrons. The van der Waals surface area contributed by atoms with E-state index in [0.29, 0.717) is 30.6 Å². The third-order valence-corrected chi connectivity index (χ3v) is 6.05. The van der Waals surface area contributed by atoms with Crippen LogP contribution in [0.5, 0.6) is 0 Å². The molecule has 1 fully saturated rings. The van der Waals surface area contributed by atoms with Gasteiger partial charge in [0.2, 0.25) is 0 Å². The van der Waals surface area contributed by atoms with Gasteiger partial charge in [-0.15, -0.1) is 0 Å². The molecule has 1 amide bonds. The molecular weight excluding hydrogens is 350 g/mol. The number of aromatic nitrogens is 1. The number of amides is 1. The highest BCUT2D eigenvalue weighted by molar-refractivity contribution is 5.82. The third kappa shape index (κ3) is 3.69. The number of hydrogen-bond donors (Lipinski definition) is 2. The number of benzene rings is 1. The van der Waals surface area contributed by atoms with Crippen LogP contribution in [0.4, 0.5) is 0 Å². The Morgan fingerprint density at radius 2 is 2.18 bits per heavy atom. The SMILES string of the molecule is CC(C)c1cc2c(c([C@@H]3CCCN3)c1)CN(C(=O)[C@@H](O)c1cccnc1)CC2. The summed E-state index contributed by atoms with van der Waals surface area (Å²) >= 11 is 0. The standard InChI is InChI=1S/C23H29N3O2/c1-15(2)18-11-16-7-10-26(23(28)22(27)17-5-3-8-24-13-17)14-20(16)19(12-18)21-6-4-9-25-21/h3,5,8,11-13,15,21-22,25,27H,4,6-7,9-10,14H2,1-2H3/t21-,22-/m0/s1. The minimum absolute atomic E-state index is 0.239. The molecule has 0 spiro atoms. The molecule has 1 aromatic heterocycles. The minimum Gasteiger partial charge on any atom is -0.378 e. The molecule has 0 unspecified atom stereocenters. The zero-order valence-electron chi connectivity index (χ0n) is 16.7. The maximum absolute atomic E-state index is 12.9. The molecule has 1 aromatic carbocycles.